The third-order valence-corrected chi connectivity index (χ3v) is 4.13. The molecule has 2 unspecified atom stereocenters. The van der Waals surface area contributed by atoms with Crippen molar-refractivity contribution in [1.82, 2.24) is 0 Å². The van der Waals surface area contributed by atoms with E-state index in [1.807, 2.05) is 0 Å². The van der Waals surface area contributed by atoms with Crippen molar-refractivity contribution in [1.29, 1.82) is 0 Å². The predicted octanol–water partition coefficient (Wildman–Crippen LogP) is 1.53. The van der Waals surface area contributed by atoms with Gasteiger partial charge in [-0.15, -0.1) is 0 Å². The molecular weight excluding hydrogens is 132 g/mol. The molecule has 2 fully saturated rings. The highest BCUT2D eigenvalue weighted by Gasteiger charge is 2.45. The molecule has 0 aromatic rings. The first kappa shape index (κ1) is 6.05. The highest BCUT2D eigenvalue weighted by atomic mass is 32.2. The largest absolute Gasteiger partial charge is 0.373 e. The summed E-state index contributed by atoms with van der Waals surface area (Å²) in [4.78, 5) is 0. The molecule has 4 atom stereocenters. The molecule has 1 nitrogen and oxygen atoms in total. The molecule has 9 heavy (non-hydrogen) atoms. The lowest BCUT2D eigenvalue weighted by Crippen LogP contribution is -2.19. The van der Waals surface area contributed by atoms with E-state index in [2.05, 4.69) is 25.6 Å². The molecule has 2 bridgehead atoms. The number of fused-ring (bicyclic) bond motifs is 2. The Balaban J connectivity index is 2.16. The van der Waals surface area contributed by atoms with Crippen LogP contribution in [0.5, 0.6) is 0 Å². The average molecular weight is 144 g/mol. The number of ether oxygens (including phenoxy) is 1. The van der Waals surface area contributed by atoms with Crippen LogP contribution in [-0.4, -0.2) is 23.2 Å². The van der Waals surface area contributed by atoms with E-state index in [1.54, 1.807) is 0 Å². The van der Waals surface area contributed by atoms with Crippen LogP contribution < -0.4 is 0 Å². The van der Waals surface area contributed by atoms with Crippen LogP contribution in [0.2, 0.25) is 0 Å². The molecule has 0 aromatic heterocycles. The molecule has 0 N–H and O–H groups in total. The summed E-state index contributed by atoms with van der Waals surface area (Å²) in [5.41, 5.74) is 0. The van der Waals surface area contributed by atoms with Gasteiger partial charge in [0.15, 0.2) is 0 Å². The second kappa shape index (κ2) is 1.89. The summed E-state index contributed by atoms with van der Waals surface area (Å²) in [6, 6.07) is 0. The van der Waals surface area contributed by atoms with Crippen molar-refractivity contribution in [3.63, 3.8) is 0 Å². The van der Waals surface area contributed by atoms with Gasteiger partial charge in [0.05, 0.1) is 12.2 Å². The van der Waals surface area contributed by atoms with Crippen molar-refractivity contribution in [2.24, 2.45) is 5.92 Å². The van der Waals surface area contributed by atoms with Gasteiger partial charge >= 0.3 is 0 Å². The van der Waals surface area contributed by atoms with Crippen molar-refractivity contribution in [2.75, 3.05) is 5.75 Å². The van der Waals surface area contributed by atoms with E-state index in [9.17, 15) is 0 Å². The van der Waals surface area contributed by atoms with Gasteiger partial charge in [0.2, 0.25) is 0 Å². The maximum atomic E-state index is 5.65. The fraction of sp³-hybridized carbons (Fsp3) is 1.00. The average Bonchev–Trinajstić information content (AvgIpc) is 2.25. The molecule has 0 amide bonds. The molecule has 2 heteroatoms. The van der Waals surface area contributed by atoms with Crippen molar-refractivity contribution in [3.05, 3.63) is 0 Å². The zero-order valence-electron chi connectivity index (χ0n) is 5.83. The third kappa shape index (κ3) is 0.729. The first-order valence-corrected chi connectivity index (χ1v) is 4.61. The highest BCUT2D eigenvalue weighted by molar-refractivity contribution is 8.00. The normalized spacial score (nSPS) is 56.7. The van der Waals surface area contributed by atoms with E-state index in [4.69, 9.17) is 4.74 Å². The van der Waals surface area contributed by atoms with Gasteiger partial charge in [-0.3, -0.25) is 0 Å². The number of rotatable bonds is 0. The fourth-order valence-electron chi connectivity index (χ4n) is 1.80. The van der Waals surface area contributed by atoms with Crippen molar-refractivity contribution < 1.29 is 4.74 Å². The van der Waals surface area contributed by atoms with E-state index in [1.165, 1.54) is 5.75 Å². The fourth-order valence-corrected chi connectivity index (χ4v) is 3.41. The van der Waals surface area contributed by atoms with Crippen molar-refractivity contribution in [3.8, 4) is 0 Å². The maximum absolute atomic E-state index is 5.65. The molecule has 2 aliphatic heterocycles. The minimum atomic E-state index is 0.517. The second-order valence-electron chi connectivity index (χ2n) is 3.04. The standard InChI is InChI=1S/C7H12OS/c1-4-6-3-9-7(4)5(2)8-6/h4-7H,3H2,1-2H3/t4-,5?,6+,7?/m0/s1. The van der Waals surface area contributed by atoms with Crippen LogP contribution >= 0.6 is 11.8 Å². The van der Waals surface area contributed by atoms with Crippen LogP contribution in [-0.2, 0) is 4.74 Å². The zero-order chi connectivity index (χ0) is 6.43. The summed E-state index contributed by atoms with van der Waals surface area (Å²) in [6.45, 7) is 4.49. The van der Waals surface area contributed by atoms with Crippen LogP contribution in [0.15, 0.2) is 0 Å². The van der Waals surface area contributed by atoms with E-state index in [0.29, 0.717) is 12.2 Å². The summed E-state index contributed by atoms with van der Waals surface area (Å²) in [6.07, 6.45) is 1.10. The Morgan fingerprint density at radius 3 is 2.44 bits per heavy atom. The summed E-state index contributed by atoms with van der Waals surface area (Å²) < 4.78 is 5.65. The molecule has 52 valence electrons. The third-order valence-electron chi connectivity index (χ3n) is 2.41. The topological polar surface area (TPSA) is 9.23 Å². The first-order chi connectivity index (χ1) is 4.29. The Hall–Kier alpha value is 0.310. The Kier molecular flexibility index (Phi) is 1.27. The molecule has 2 rings (SSSR count). The number of hydrogen-bond acceptors (Lipinski definition) is 2. The van der Waals surface area contributed by atoms with Crippen LogP contribution in [0.1, 0.15) is 13.8 Å². The van der Waals surface area contributed by atoms with Crippen LogP contribution in [0, 0.1) is 5.92 Å². The quantitative estimate of drug-likeness (QED) is 0.510. The minimum Gasteiger partial charge on any atom is -0.373 e. The Labute approximate surface area is 60.2 Å². The Morgan fingerprint density at radius 1 is 1.44 bits per heavy atom. The van der Waals surface area contributed by atoms with Crippen LogP contribution in [0.3, 0.4) is 0 Å². The van der Waals surface area contributed by atoms with E-state index in [-0.39, 0.29) is 0 Å². The molecular formula is C7H12OS. The van der Waals surface area contributed by atoms with Gasteiger partial charge in [-0.05, 0) is 12.8 Å². The molecule has 2 aliphatic rings. The van der Waals surface area contributed by atoms with Gasteiger partial charge in [-0.1, -0.05) is 6.92 Å². The second-order valence-corrected chi connectivity index (χ2v) is 4.25. The Morgan fingerprint density at radius 2 is 2.22 bits per heavy atom. The van der Waals surface area contributed by atoms with Crippen molar-refractivity contribution in [2.45, 2.75) is 31.3 Å². The van der Waals surface area contributed by atoms with Gasteiger partial charge in [-0.25, -0.2) is 0 Å². The maximum Gasteiger partial charge on any atom is 0.0706 e. The highest BCUT2D eigenvalue weighted by Crippen LogP contribution is 2.43. The lowest BCUT2D eigenvalue weighted by molar-refractivity contribution is 0.0580. The molecule has 0 aliphatic carbocycles. The first-order valence-electron chi connectivity index (χ1n) is 3.56. The molecule has 0 saturated carbocycles. The predicted molar refractivity (Wildman–Crippen MR) is 39.7 cm³/mol. The lowest BCUT2D eigenvalue weighted by atomic mass is 10.0. The van der Waals surface area contributed by atoms with Crippen molar-refractivity contribution >= 4 is 11.8 Å². The summed E-state index contributed by atoms with van der Waals surface area (Å²) in [7, 11) is 0. The number of thioether (sulfide) groups is 1. The molecule has 0 radical (unpaired) electrons. The van der Waals surface area contributed by atoms with Crippen LogP contribution in [0.25, 0.3) is 0 Å². The summed E-state index contributed by atoms with van der Waals surface area (Å²) >= 11 is 2.08. The smallest absolute Gasteiger partial charge is 0.0706 e. The van der Waals surface area contributed by atoms with Gasteiger partial charge in [0.25, 0.3) is 0 Å². The van der Waals surface area contributed by atoms with Gasteiger partial charge in [0, 0.05) is 11.0 Å². The zero-order valence-corrected chi connectivity index (χ0v) is 6.65. The monoisotopic (exact) mass is 144 g/mol. The Bertz CT molecular complexity index is 126. The van der Waals surface area contributed by atoms with E-state index < -0.39 is 0 Å². The summed E-state index contributed by atoms with van der Waals surface area (Å²) in [5.74, 6) is 2.04. The lowest BCUT2D eigenvalue weighted by Gasteiger charge is -2.16. The SMILES string of the molecule is CC1O[C@@H]2CSC1[C@H]2C. The van der Waals surface area contributed by atoms with Gasteiger partial charge in [-0.2, -0.15) is 11.8 Å². The van der Waals surface area contributed by atoms with Gasteiger partial charge < -0.3 is 4.74 Å². The molecule has 0 aromatic carbocycles. The van der Waals surface area contributed by atoms with Crippen LogP contribution in [0.4, 0.5) is 0 Å². The van der Waals surface area contributed by atoms with E-state index in [0.717, 1.165) is 11.2 Å². The molecule has 0 spiro atoms. The minimum absolute atomic E-state index is 0.517. The van der Waals surface area contributed by atoms with E-state index >= 15 is 0 Å². The number of hydrogen-bond donors (Lipinski definition) is 0. The molecule has 2 saturated heterocycles. The summed E-state index contributed by atoms with van der Waals surface area (Å²) in [5, 5.41) is 0.801. The molecule has 2 heterocycles. The van der Waals surface area contributed by atoms with Gasteiger partial charge in [0.1, 0.15) is 0 Å².